The molecule has 0 aromatic carbocycles. The zero-order valence-corrected chi connectivity index (χ0v) is 13.1. The van der Waals surface area contributed by atoms with Crippen molar-refractivity contribution in [2.75, 3.05) is 0 Å². The molecule has 1 amide bonds. The predicted molar refractivity (Wildman–Crippen MR) is 81.6 cm³/mol. The van der Waals surface area contributed by atoms with Gasteiger partial charge in [0, 0.05) is 12.4 Å². The van der Waals surface area contributed by atoms with Gasteiger partial charge in [0.25, 0.3) is 0 Å². The first-order valence-corrected chi connectivity index (χ1v) is 7.40. The molecule has 1 aromatic heterocycles. The Kier molecular flexibility index (Phi) is 4.60. The molecule has 1 N–H and O–H groups in total. The second kappa shape index (κ2) is 6.24. The maximum Gasteiger partial charge on any atom is 0.408 e. The summed E-state index contributed by atoms with van der Waals surface area (Å²) in [5.74, 6) is 0. The number of aromatic nitrogens is 2. The van der Waals surface area contributed by atoms with E-state index in [0.29, 0.717) is 0 Å². The number of allylic oxidation sites excluding steroid dienone is 2. The minimum absolute atomic E-state index is 0.163. The van der Waals surface area contributed by atoms with Crippen LogP contribution in [0.3, 0.4) is 0 Å². The molecule has 5 heteroatoms. The Balaban J connectivity index is 2.21. The second-order valence-corrected chi connectivity index (χ2v) is 6.15. The predicted octanol–water partition coefficient (Wildman–Crippen LogP) is 3.63. The molecule has 1 aliphatic carbocycles. The average Bonchev–Trinajstić information content (AvgIpc) is 2.56. The second-order valence-electron chi connectivity index (χ2n) is 6.15. The number of amides is 1. The number of carbonyl (C=O) groups excluding carboxylic acids is 1. The normalized spacial score (nSPS) is 18.3. The van der Waals surface area contributed by atoms with Crippen molar-refractivity contribution in [1.82, 2.24) is 15.3 Å². The van der Waals surface area contributed by atoms with Gasteiger partial charge in [0.1, 0.15) is 5.60 Å². The standard InChI is InChI=1S/C16H23N3O2/c1-5-11-7-6-8-12(14-13(11)17-9-10-18-14)19-15(20)21-16(2,3)4/h7,9-10,12H,5-6,8H2,1-4H3,(H,19,20)/t12-/m0/s1. The summed E-state index contributed by atoms with van der Waals surface area (Å²) in [4.78, 5) is 20.9. The minimum Gasteiger partial charge on any atom is -0.444 e. The molecule has 0 bridgehead atoms. The van der Waals surface area contributed by atoms with Gasteiger partial charge in [0.05, 0.1) is 17.4 Å². The van der Waals surface area contributed by atoms with Crippen molar-refractivity contribution in [3.8, 4) is 0 Å². The van der Waals surface area contributed by atoms with Crippen LogP contribution in [-0.4, -0.2) is 21.7 Å². The topological polar surface area (TPSA) is 64.1 Å². The molecule has 5 nitrogen and oxygen atoms in total. The molecule has 1 atom stereocenters. The molecular formula is C16H23N3O2. The number of nitrogens with one attached hydrogen (secondary N) is 1. The van der Waals surface area contributed by atoms with Crippen molar-refractivity contribution in [2.45, 2.75) is 58.6 Å². The fourth-order valence-electron chi connectivity index (χ4n) is 2.41. The zero-order chi connectivity index (χ0) is 15.5. The Hall–Kier alpha value is -1.91. The largest absolute Gasteiger partial charge is 0.444 e. The summed E-state index contributed by atoms with van der Waals surface area (Å²) in [7, 11) is 0. The van der Waals surface area contributed by atoms with Gasteiger partial charge in [-0.15, -0.1) is 0 Å². The van der Waals surface area contributed by atoms with Crippen LogP contribution in [0.2, 0.25) is 0 Å². The Morgan fingerprint density at radius 1 is 1.38 bits per heavy atom. The summed E-state index contributed by atoms with van der Waals surface area (Å²) in [6.07, 6.45) is 7.73. The summed E-state index contributed by atoms with van der Waals surface area (Å²) >= 11 is 0. The van der Waals surface area contributed by atoms with E-state index < -0.39 is 11.7 Å². The van der Waals surface area contributed by atoms with Gasteiger partial charge < -0.3 is 10.1 Å². The van der Waals surface area contributed by atoms with E-state index in [9.17, 15) is 4.79 Å². The van der Waals surface area contributed by atoms with Gasteiger partial charge in [-0.25, -0.2) is 4.79 Å². The van der Waals surface area contributed by atoms with Crippen LogP contribution in [0.4, 0.5) is 4.79 Å². The van der Waals surface area contributed by atoms with Crippen LogP contribution in [-0.2, 0) is 4.74 Å². The molecule has 1 aromatic rings. The summed E-state index contributed by atoms with van der Waals surface area (Å²) in [6.45, 7) is 7.66. The summed E-state index contributed by atoms with van der Waals surface area (Å²) in [5, 5.41) is 2.92. The highest BCUT2D eigenvalue weighted by atomic mass is 16.6. The maximum atomic E-state index is 12.0. The van der Waals surface area contributed by atoms with Gasteiger partial charge in [-0.2, -0.15) is 0 Å². The monoisotopic (exact) mass is 289 g/mol. The first-order valence-electron chi connectivity index (χ1n) is 7.40. The molecule has 1 aliphatic rings. The quantitative estimate of drug-likeness (QED) is 0.903. The Bertz CT molecular complexity index is 547. The fraction of sp³-hybridized carbons (Fsp3) is 0.562. The first kappa shape index (κ1) is 15.5. The van der Waals surface area contributed by atoms with E-state index in [2.05, 4.69) is 28.3 Å². The van der Waals surface area contributed by atoms with Crippen LogP contribution < -0.4 is 5.32 Å². The minimum atomic E-state index is -0.507. The van der Waals surface area contributed by atoms with Crippen LogP contribution in [0.1, 0.15) is 64.4 Å². The van der Waals surface area contributed by atoms with E-state index in [1.54, 1.807) is 12.4 Å². The van der Waals surface area contributed by atoms with Crippen molar-refractivity contribution >= 4 is 11.7 Å². The zero-order valence-electron chi connectivity index (χ0n) is 13.1. The molecule has 21 heavy (non-hydrogen) atoms. The highest BCUT2D eigenvalue weighted by molar-refractivity contribution is 5.70. The van der Waals surface area contributed by atoms with Crippen molar-refractivity contribution in [1.29, 1.82) is 0 Å². The van der Waals surface area contributed by atoms with E-state index in [-0.39, 0.29) is 6.04 Å². The lowest BCUT2D eigenvalue weighted by Gasteiger charge is -2.23. The van der Waals surface area contributed by atoms with Crippen LogP contribution >= 0.6 is 0 Å². The van der Waals surface area contributed by atoms with E-state index in [4.69, 9.17) is 4.74 Å². The molecule has 0 saturated carbocycles. The average molecular weight is 289 g/mol. The Labute approximate surface area is 125 Å². The summed E-state index contributed by atoms with van der Waals surface area (Å²) < 4.78 is 5.33. The molecule has 0 radical (unpaired) electrons. The lowest BCUT2D eigenvalue weighted by molar-refractivity contribution is 0.0500. The van der Waals surface area contributed by atoms with Gasteiger partial charge in [-0.3, -0.25) is 9.97 Å². The number of nitrogens with zero attached hydrogens (tertiary/aromatic N) is 2. The van der Waals surface area contributed by atoms with Gasteiger partial charge in [0.15, 0.2) is 0 Å². The van der Waals surface area contributed by atoms with Gasteiger partial charge in [0.2, 0.25) is 0 Å². The van der Waals surface area contributed by atoms with E-state index in [1.165, 1.54) is 5.57 Å². The Morgan fingerprint density at radius 2 is 2.10 bits per heavy atom. The number of carbonyl (C=O) groups is 1. The molecule has 0 unspecified atom stereocenters. The number of fused-ring (bicyclic) bond motifs is 1. The molecule has 0 fully saturated rings. The highest BCUT2D eigenvalue weighted by Gasteiger charge is 2.25. The van der Waals surface area contributed by atoms with E-state index in [1.807, 2.05) is 20.8 Å². The van der Waals surface area contributed by atoms with Crippen LogP contribution in [0.15, 0.2) is 18.5 Å². The van der Waals surface area contributed by atoms with Crippen LogP contribution in [0.5, 0.6) is 0 Å². The maximum absolute atomic E-state index is 12.0. The number of hydrogen-bond acceptors (Lipinski definition) is 4. The first-order chi connectivity index (χ1) is 9.90. The number of ether oxygens (including phenoxy) is 1. The molecular weight excluding hydrogens is 266 g/mol. The molecule has 0 aliphatic heterocycles. The van der Waals surface area contributed by atoms with Crippen molar-refractivity contribution in [3.63, 3.8) is 0 Å². The van der Waals surface area contributed by atoms with Gasteiger partial charge >= 0.3 is 6.09 Å². The van der Waals surface area contributed by atoms with Crippen LogP contribution in [0, 0.1) is 0 Å². The number of rotatable bonds is 2. The smallest absolute Gasteiger partial charge is 0.408 e. The Morgan fingerprint density at radius 3 is 2.76 bits per heavy atom. The van der Waals surface area contributed by atoms with Crippen molar-refractivity contribution < 1.29 is 9.53 Å². The lowest BCUT2D eigenvalue weighted by atomic mass is 10.1. The molecule has 114 valence electrons. The van der Waals surface area contributed by atoms with E-state index in [0.717, 1.165) is 30.7 Å². The third kappa shape index (κ3) is 4.03. The van der Waals surface area contributed by atoms with Gasteiger partial charge in [-0.1, -0.05) is 13.0 Å². The van der Waals surface area contributed by atoms with Crippen molar-refractivity contribution in [3.05, 3.63) is 29.9 Å². The third-order valence-electron chi connectivity index (χ3n) is 3.28. The summed E-state index contributed by atoms with van der Waals surface area (Å²) in [6, 6.07) is -0.163. The van der Waals surface area contributed by atoms with Gasteiger partial charge in [-0.05, 0) is 45.6 Å². The molecule has 0 saturated heterocycles. The highest BCUT2D eigenvalue weighted by Crippen LogP contribution is 2.30. The lowest BCUT2D eigenvalue weighted by Crippen LogP contribution is -2.35. The van der Waals surface area contributed by atoms with Crippen molar-refractivity contribution in [2.24, 2.45) is 0 Å². The molecule has 2 rings (SSSR count). The SMILES string of the molecule is CCC1=CCC[C@H](NC(=O)OC(C)(C)C)c2nccnc21. The molecule has 1 heterocycles. The third-order valence-corrected chi connectivity index (χ3v) is 3.28. The number of alkyl carbamates (subject to hydrolysis) is 1. The summed E-state index contributed by atoms with van der Waals surface area (Å²) in [5.41, 5.74) is 2.39. The number of hydrogen-bond donors (Lipinski definition) is 1. The van der Waals surface area contributed by atoms with E-state index >= 15 is 0 Å². The molecule has 0 spiro atoms. The van der Waals surface area contributed by atoms with Crippen LogP contribution in [0.25, 0.3) is 5.57 Å². The fourth-order valence-corrected chi connectivity index (χ4v) is 2.41.